The van der Waals surface area contributed by atoms with E-state index in [-0.39, 0.29) is 23.7 Å². The number of rotatable bonds is 3. The van der Waals surface area contributed by atoms with Crippen LogP contribution in [0.2, 0.25) is 0 Å². The molecule has 0 aromatic carbocycles. The van der Waals surface area contributed by atoms with Gasteiger partial charge in [0.2, 0.25) is 0 Å². The maximum Gasteiger partial charge on any atom is 0.189 e. The minimum Gasteiger partial charge on any atom is -0.382 e. The lowest BCUT2D eigenvalue weighted by Crippen LogP contribution is -2.10. The molecule has 0 bridgehead atoms. The van der Waals surface area contributed by atoms with Gasteiger partial charge in [-0.1, -0.05) is 0 Å². The molecule has 3 N–H and O–H groups in total. The Kier molecular flexibility index (Phi) is 2.77. The van der Waals surface area contributed by atoms with Gasteiger partial charge in [-0.3, -0.25) is 9.20 Å². The second-order valence-electron chi connectivity index (χ2n) is 6.32. The molecular weight excluding hydrogens is 321 g/mol. The number of hydrogen-bond donors (Lipinski definition) is 2. The number of nitrogens with one attached hydrogen (secondary N) is 1. The van der Waals surface area contributed by atoms with Crippen LogP contribution in [0.5, 0.6) is 0 Å². The molecule has 4 heterocycles. The summed E-state index contributed by atoms with van der Waals surface area (Å²) in [5.41, 5.74) is 9.41. The number of anilines is 1. The number of aromatic amines is 1. The Labute approximate surface area is 141 Å². The molecule has 0 spiro atoms. The van der Waals surface area contributed by atoms with E-state index >= 15 is 0 Å². The molecule has 1 aliphatic carbocycles. The molecule has 6 nitrogen and oxygen atoms in total. The Bertz CT molecular complexity index is 1140. The zero-order valence-corrected chi connectivity index (χ0v) is 13.1. The second kappa shape index (κ2) is 4.89. The maximum absolute atomic E-state index is 13.3. The summed E-state index contributed by atoms with van der Waals surface area (Å²) in [6, 6.07) is 7.57. The SMILES string of the molecule is Nc1nc2ccc(-c3c[nH]c4ncccc34)cn2c1C(=O)[C@@H]1C[C@@H]1F. The lowest BCUT2D eigenvalue weighted by Gasteiger charge is -2.04. The molecular formula is C18H14FN5O. The molecule has 1 saturated carbocycles. The third-order valence-corrected chi connectivity index (χ3v) is 4.69. The van der Waals surface area contributed by atoms with Crippen LogP contribution in [0.3, 0.4) is 0 Å². The smallest absolute Gasteiger partial charge is 0.189 e. The zero-order chi connectivity index (χ0) is 17.1. The van der Waals surface area contributed by atoms with Crippen LogP contribution in [-0.4, -0.2) is 31.3 Å². The molecule has 4 aromatic heterocycles. The summed E-state index contributed by atoms with van der Waals surface area (Å²) in [4.78, 5) is 24.2. The molecule has 0 saturated heterocycles. The van der Waals surface area contributed by atoms with Crippen LogP contribution >= 0.6 is 0 Å². The van der Waals surface area contributed by atoms with E-state index in [4.69, 9.17) is 5.73 Å². The number of hydrogen-bond acceptors (Lipinski definition) is 4. The lowest BCUT2D eigenvalue weighted by atomic mass is 10.1. The molecule has 25 heavy (non-hydrogen) atoms. The highest BCUT2D eigenvalue weighted by Crippen LogP contribution is 2.38. The summed E-state index contributed by atoms with van der Waals surface area (Å²) in [5.74, 6) is -0.736. The van der Waals surface area contributed by atoms with Crippen molar-refractivity contribution in [2.24, 2.45) is 5.92 Å². The van der Waals surface area contributed by atoms with Crippen molar-refractivity contribution in [3.63, 3.8) is 0 Å². The van der Waals surface area contributed by atoms with Gasteiger partial charge in [-0.25, -0.2) is 14.4 Å². The first-order valence-corrected chi connectivity index (χ1v) is 8.02. The van der Waals surface area contributed by atoms with E-state index in [0.717, 1.165) is 22.2 Å². The summed E-state index contributed by atoms with van der Waals surface area (Å²) in [7, 11) is 0. The van der Waals surface area contributed by atoms with Gasteiger partial charge >= 0.3 is 0 Å². The molecule has 0 radical (unpaired) electrons. The van der Waals surface area contributed by atoms with Gasteiger partial charge in [0.05, 0.1) is 5.92 Å². The largest absolute Gasteiger partial charge is 0.382 e. The average Bonchev–Trinajstić information content (AvgIpc) is 3.05. The monoisotopic (exact) mass is 335 g/mol. The van der Waals surface area contributed by atoms with Crippen molar-refractivity contribution in [1.29, 1.82) is 0 Å². The van der Waals surface area contributed by atoms with Crippen molar-refractivity contribution >= 4 is 28.3 Å². The van der Waals surface area contributed by atoms with Gasteiger partial charge in [-0.15, -0.1) is 0 Å². The maximum atomic E-state index is 13.3. The second-order valence-corrected chi connectivity index (χ2v) is 6.32. The van der Waals surface area contributed by atoms with Crippen LogP contribution in [0.15, 0.2) is 42.9 Å². The number of nitrogens with two attached hydrogens (primary N) is 1. The fourth-order valence-electron chi connectivity index (χ4n) is 3.27. The normalized spacial score (nSPS) is 19.6. The van der Waals surface area contributed by atoms with Crippen molar-refractivity contribution in [3.05, 3.63) is 48.5 Å². The van der Waals surface area contributed by atoms with E-state index in [1.807, 2.05) is 30.6 Å². The van der Waals surface area contributed by atoms with Gasteiger partial charge in [-0.2, -0.15) is 0 Å². The van der Waals surface area contributed by atoms with Gasteiger partial charge in [0.15, 0.2) is 11.6 Å². The highest BCUT2D eigenvalue weighted by molar-refractivity contribution is 6.03. The van der Waals surface area contributed by atoms with Gasteiger partial charge in [-0.05, 0) is 30.7 Å². The van der Waals surface area contributed by atoms with Gasteiger partial charge in [0.25, 0.3) is 0 Å². The van der Waals surface area contributed by atoms with Gasteiger partial charge in [0, 0.05) is 35.1 Å². The van der Waals surface area contributed by atoms with Gasteiger partial charge in [0.1, 0.15) is 23.2 Å². The van der Waals surface area contributed by atoms with Crippen LogP contribution in [-0.2, 0) is 0 Å². The highest BCUT2D eigenvalue weighted by Gasteiger charge is 2.45. The Balaban J connectivity index is 1.70. The minimum absolute atomic E-state index is 0.141. The van der Waals surface area contributed by atoms with Crippen molar-refractivity contribution in [3.8, 4) is 11.1 Å². The number of aromatic nitrogens is 4. The fourth-order valence-corrected chi connectivity index (χ4v) is 3.27. The lowest BCUT2D eigenvalue weighted by molar-refractivity contribution is 0.0952. The molecule has 2 atom stereocenters. The van der Waals surface area contributed by atoms with E-state index in [0.29, 0.717) is 5.65 Å². The van der Waals surface area contributed by atoms with E-state index in [2.05, 4.69) is 15.0 Å². The quantitative estimate of drug-likeness (QED) is 0.563. The Hall–Kier alpha value is -3.22. The van der Waals surface area contributed by atoms with Crippen molar-refractivity contribution in [1.82, 2.24) is 19.4 Å². The number of carbonyl (C=O) groups is 1. The Morgan fingerprint density at radius 2 is 2.20 bits per heavy atom. The summed E-state index contributed by atoms with van der Waals surface area (Å²) in [6.45, 7) is 0. The highest BCUT2D eigenvalue weighted by atomic mass is 19.1. The average molecular weight is 335 g/mol. The number of carbonyl (C=O) groups excluding carboxylic acids is 1. The van der Waals surface area contributed by atoms with Crippen molar-refractivity contribution < 1.29 is 9.18 Å². The number of fused-ring (bicyclic) bond motifs is 2. The number of pyridine rings is 2. The van der Waals surface area contributed by atoms with Crippen molar-refractivity contribution in [2.45, 2.75) is 12.6 Å². The number of ketones is 1. The molecule has 1 aliphatic rings. The zero-order valence-electron chi connectivity index (χ0n) is 13.1. The van der Waals surface area contributed by atoms with E-state index in [9.17, 15) is 9.18 Å². The number of halogens is 1. The Morgan fingerprint density at radius 1 is 1.36 bits per heavy atom. The first-order chi connectivity index (χ1) is 12.1. The van der Waals surface area contributed by atoms with Crippen LogP contribution in [0.1, 0.15) is 16.9 Å². The summed E-state index contributed by atoms with van der Waals surface area (Å²) >= 11 is 0. The van der Waals surface area contributed by atoms with Crippen LogP contribution in [0.25, 0.3) is 27.8 Å². The summed E-state index contributed by atoms with van der Waals surface area (Å²) < 4.78 is 15.0. The predicted molar refractivity (Wildman–Crippen MR) is 92.0 cm³/mol. The predicted octanol–water partition coefficient (Wildman–Crippen LogP) is 3.00. The Morgan fingerprint density at radius 3 is 3.00 bits per heavy atom. The molecule has 0 amide bonds. The first kappa shape index (κ1) is 14.2. The third-order valence-electron chi connectivity index (χ3n) is 4.69. The third kappa shape index (κ3) is 2.05. The topological polar surface area (TPSA) is 89.1 Å². The molecule has 124 valence electrons. The van der Waals surface area contributed by atoms with E-state index < -0.39 is 12.1 Å². The van der Waals surface area contributed by atoms with Crippen molar-refractivity contribution in [2.75, 3.05) is 5.73 Å². The van der Waals surface area contributed by atoms with Crippen LogP contribution in [0.4, 0.5) is 10.2 Å². The molecule has 0 aliphatic heterocycles. The molecule has 5 rings (SSSR count). The molecule has 7 heteroatoms. The van der Waals surface area contributed by atoms with Crippen LogP contribution in [0, 0.1) is 5.92 Å². The fraction of sp³-hybridized carbons (Fsp3) is 0.167. The van der Waals surface area contributed by atoms with E-state index in [1.165, 1.54) is 0 Å². The number of nitrogens with zero attached hydrogens (tertiary/aromatic N) is 3. The number of nitrogen functional groups attached to an aromatic ring is 1. The van der Waals surface area contributed by atoms with E-state index in [1.54, 1.807) is 16.7 Å². The number of imidazole rings is 1. The molecule has 1 fully saturated rings. The standard InChI is InChI=1S/C18H14FN5O/c19-13-6-11(13)16(25)15-17(20)23-14-4-3-9(8-24(14)15)12-7-22-18-10(12)2-1-5-21-18/h1-5,7-8,11,13H,6,20H2,(H,21,22)/t11-,13+/m1/s1. The minimum atomic E-state index is -1.07. The first-order valence-electron chi connectivity index (χ1n) is 8.02. The summed E-state index contributed by atoms with van der Waals surface area (Å²) in [5, 5.41) is 0.980. The van der Waals surface area contributed by atoms with Gasteiger partial charge < -0.3 is 10.7 Å². The number of alkyl halides is 1. The summed E-state index contributed by atoms with van der Waals surface area (Å²) in [6.07, 6.45) is 4.61. The number of Topliss-reactive ketones (excluding diaryl/α,β-unsaturated/α-hetero) is 1. The molecule has 4 aromatic rings. The number of H-pyrrole nitrogens is 1. The molecule has 0 unspecified atom stereocenters. The van der Waals surface area contributed by atoms with Crippen LogP contribution < -0.4 is 5.73 Å².